The number of benzene rings is 4. The first-order valence-electron chi connectivity index (χ1n) is 11.1. The van der Waals surface area contributed by atoms with Gasteiger partial charge in [-0.25, -0.2) is 8.42 Å². The fourth-order valence-corrected chi connectivity index (χ4v) is 5.61. The van der Waals surface area contributed by atoms with Crippen LogP contribution in [0.15, 0.2) is 102 Å². The Bertz CT molecular complexity index is 1590. The summed E-state index contributed by atoms with van der Waals surface area (Å²) in [5.41, 5.74) is 10.5. The van der Waals surface area contributed by atoms with Crippen molar-refractivity contribution in [3.8, 4) is 0 Å². The molecule has 3 nitrogen and oxygen atoms in total. The molecular weight excluding hydrogens is 497 g/mol. The van der Waals surface area contributed by atoms with Crippen molar-refractivity contribution in [2.24, 2.45) is 0 Å². The second kappa shape index (κ2) is 9.77. The number of hydrogen-bond donors (Lipinski definition) is 1. The van der Waals surface area contributed by atoms with Crippen LogP contribution in [0.2, 0.25) is 10.0 Å². The van der Waals surface area contributed by atoms with Gasteiger partial charge in [0.25, 0.3) is 10.0 Å². The van der Waals surface area contributed by atoms with E-state index in [-0.39, 0.29) is 4.90 Å². The summed E-state index contributed by atoms with van der Waals surface area (Å²) in [5.74, 6) is 0. The second-order valence-corrected chi connectivity index (χ2v) is 10.9. The van der Waals surface area contributed by atoms with Crippen LogP contribution in [0, 0.1) is 0 Å². The highest BCUT2D eigenvalue weighted by atomic mass is 35.5. The Balaban J connectivity index is 1.54. The van der Waals surface area contributed by atoms with E-state index in [1.54, 1.807) is 24.3 Å². The van der Waals surface area contributed by atoms with Crippen molar-refractivity contribution in [2.75, 3.05) is 4.72 Å². The average Bonchev–Trinajstić information content (AvgIpc) is 2.99. The van der Waals surface area contributed by atoms with Gasteiger partial charge in [-0.1, -0.05) is 65.7 Å². The first-order valence-corrected chi connectivity index (χ1v) is 13.4. The molecule has 6 heteroatoms. The maximum atomic E-state index is 12.8. The van der Waals surface area contributed by atoms with Gasteiger partial charge in [0.05, 0.1) is 4.90 Å². The molecular formula is C29H21Cl2NO2S. The van der Waals surface area contributed by atoms with Crippen LogP contribution in [-0.2, 0) is 22.9 Å². The minimum Gasteiger partial charge on any atom is -0.280 e. The number of hydrogen-bond acceptors (Lipinski definition) is 2. The lowest BCUT2D eigenvalue weighted by atomic mass is 9.94. The minimum absolute atomic E-state index is 0.148. The van der Waals surface area contributed by atoms with Gasteiger partial charge in [-0.15, -0.1) is 5.73 Å². The Morgan fingerprint density at radius 3 is 2.29 bits per heavy atom. The number of nitrogens with one attached hydrogen (secondary N) is 1. The van der Waals surface area contributed by atoms with E-state index < -0.39 is 10.0 Å². The Kier molecular flexibility index (Phi) is 6.55. The molecule has 1 aliphatic rings. The molecule has 0 heterocycles. The molecule has 0 aromatic heterocycles. The zero-order valence-electron chi connectivity index (χ0n) is 18.6. The number of sulfonamides is 1. The number of halogens is 2. The van der Waals surface area contributed by atoms with Crippen LogP contribution in [-0.4, -0.2) is 8.42 Å². The number of anilines is 1. The van der Waals surface area contributed by atoms with E-state index in [1.165, 1.54) is 23.3 Å². The highest BCUT2D eigenvalue weighted by molar-refractivity contribution is 7.92. The van der Waals surface area contributed by atoms with Gasteiger partial charge in [0.1, 0.15) is 0 Å². The molecule has 1 N–H and O–H groups in total. The first-order chi connectivity index (χ1) is 16.9. The van der Waals surface area contributed by atoms with Crippen LogP contribution in [0.4, 0.5) is 5.69 Å². The molecule has 0 saturated heterocycles. The second-order valence-electron chi connectivity index (χ2n) is 8.31. The lowest BCUT2D eigenvalue weighted by Gasteiger charge is -2.10. The van der Waals surface area contributed by atoms with Crippen LogP contribution < -0.4 is 4.72 Å². The van der Waals surface area contributed by atoms with Gasteiger partial charge in [0.15, 0.2) is 0 Å². The zero-order chi connectivity index (χ0) is 24.4. The molecule has 0 aliphatic heterocycles. The summed E-state index contributed by atoms with van der Waals surface area (Å²) >= 11 is 12.2. The summed E-state index contributed by atoms with van der Waals surface area (Å²) in [5, 5.41) is 1.20. The number of aryl methyl sites for hydroxylation is 2. The predicted molar refractivity (Wildman–Crippen MR) is 144 cm³/mol. The third-order valence-electron chi connectivity index (χ3n) is 5.93. The summed E-state index contributed by atoms with van der Waals surface area (Å²) in [4.78, 5) is 0.148. The van der Waals surface area contributed by atoms with Crippen molar-refractivity contribution in [1.29, 1.82) is 0 Å². The van der Waals surface area contributed by atoms with Gasteiger partial charge in [0.2, 0.25) is 0 Å². The lowest BCUT2D eigenvalue weighted by Crippen LogP contribution is -2.12. The van der Waals surface area contributed by atoms with Crippen LogP contribution in [0.3, 0.4) is 0 Å². The summed E-state index contributed by atoms with van der Waals surface area (Å²) in [7, 11) is -3.73. The Morgan fingerprint density at radius 1 is 0.743 bits per heavy atom. The summed E-state index contributed by atoms with van der Waals surface area (Å²) in [6, 6.07) is 27.6. The van der Waals surface area contributed by atoms with E-state index in [9.17, 15) is 8.42 Å². The molecule has 174 valence electrons. The fraction of sp³-hybridized carbons (Fsp3) is 0.0690. The van der Waals surface area contributed by atoms with Gasteiger partial charge in [0, 0.05) is 21.3 Å². The van der Waals surface area contributed by atoms with Gasteiger partial charge in [-0.05, 0) is 95.3 Å². The van der Waals surface area contributed by atoms with E-state index in [4.69, 9.17) is 23.2 Å². The van der Waals surface area contributed by atoms with Crippen LogP contribution >= 0.6 is 23.2 Å². The third-order valence-corrected chi connectivity index (χ3v) is 7.82. The number of rotatable bonds is 4. The maximum Gasteiger partial charge on any atom is 0.261 e. The lowest BCUT2D eigenvalue weighted by molar-refractivity contribution is 0.601. The third kappa shape index (κ3) is 5.22. The van der Waals surface area contributed by atoms with Gasteiger partial charge < -0.3 is 0 Å². The van der Waals surface area contributed by atoms with E-state index in [2.05, 4.69) is 28.7 Å². The quantitative estimate of drug-likeness (QED) is 0.282. The molecule has 1 aliphatic carbocycles. The monoisotopic (exact) mass is 517 g/mol. The van der Waals surface area contributed by atoms with Crippen molar-refractivity contribution in [3.63, 3.8) is 0 Å². The summed E-state index contributed by atoms with van der Waals surface area (Å²) < 4.78 is 28.2. The first kappa shape index (κ1) is 23.5. The molecule has 4 aromatic rings. The van der Waals surface area contributed by atoms with Crippen LogP contribution in [0.5, 0.6) is 0 Å². The molecule has 0 fully saturated rings. The molecule has 5 rings (SSSR count). The molecule has 0 bridgehead atoms. The highest BCUT2D eigenvalue weighted by Gasteiger charge is 2.18. The van der Waals surface area contributed by atoms with Gasteiger partial charge >= 0.3 is 0 Å². The largest absolute Gasteiger partial charge is 0.280 e. The number of fused-ring (bicyclic) bond motifs is 2. The van der Waals surface area contributed by atoms with E-state index in [0.717, 1.165) is 40.1 Å². The normalized spacial score (nSPS) is 12.7. The Morgan fingerprint density at radius 2 is 1.46 bits per heavy atom. The molecule has 0 saturated carbocycles. The topological polar surface area (TPSA) is 46.2 Å². The molecule has 0 amide bonds. The van der Waals surface area contributed by atoms with E-state index in [0.29, 0.717) is 10.7 Å². The summed E-state index contributed by atoms with van der Waals surface area (Å²) in [6.07, 6.45) is 3.71. The SMILES string of the molecule is O=S(=O)(Nc1cccc(C=C=C2c3ccccc3CCc3cc(Cl)ccc32)c1)c1ccc(Cl)cc1. The molecule has 0 radical (unpaired) electrons. The van der Waals surface area contributed by atoms with Crippen LogP contribution in [0.25, 0.3) is 11.6 Å². The van der Waals surface area contributed by atoms with Crippen molar-refractivity contribution >= 4 is 50.6 Å². The highest BCUT2D eigenvalue weighted by Crippen LogP contribution is 2.34. The maximum absolute atomic E-state index is 12.8. The van der Waals surface area contributed by atoms with Gasteiger partial charge in [-0.3, -0.25) is 4.72 Å². The molecule has 0 spiro atoms. The van der Waals surface area contributed by atoms with Crippen molar-refractivity contribution in [2.45, 2.75) is 17.7 Å². The summed E-state index contributed by atoms with van der Waals surface area (Å²) in [6.45, 7) is 0. The smallest absolute Gasteiger partial charge is 0.261 e. The van der Waals surface area contributed by atoms with Crippen molar-refractivity contribution < 1.29 is 8.42 Å². The van der Waals surface area contributed by atoms with E-state index in [1.807, 2.05) is 42.5 Å². The average molecular weight is 518 g/mol. The van der Waals surface area contributed by atoms with Crippen molar-refractivity contribution in [3.05, 3.63) is 135 Å². The van der Waals surface area contributed by atoms with Gasteiger partial charge in [-0.2, -0.15) is 0 Å². The standard InChI is InChI=1S/C29H21Cl2NO2S/c30-23-11-14-26(15-12-23)35(33,34)32-25-6-3-4-20(18-25)8-16-29-27-7-2-1-5-21(27)9-10-22-19-24(31)13-17-28(22)29/h1-8,11-15,17-19,32H,9-10H2. The molecule has 0 atom stereocenters. The Labute approximate surface area is 215 Å². The fourth-order valence-electron chi connectivity index (χ4n) is 4.24. The Hall–Kier alpha value is -3.27. The molecule has 35 heavy (non-hydrogen) atoms. The minimum atomic E-state index is -3.73. The molecule has 4 aromatic carbocycles. The van der Waals surface area contributed by atoms with E-state index >= 15 is 0 Å². The zero-order valence-corrected chi connectivity index (χ0v) is 21.0. The molecule has 0 unspecified atom stereocenters. The predicted octanol–water partition coefficient (Wildman–Crippen LogP) is 7.64. The van der Waals surface area contributed by atoms with Crippen molar-refractivity contribution in [1.82, 2.24) is 0 Å². The van der Waals surface area contributed by atoms with Crippen LogP contribution in [0.1, 0.15) is 27.8 Å².